The van der Waals surface area contributed by atoms with E-state index in [-0.39, 0.29) is 6.54 Å². The largest absolute Gasteiger partial charge is 0.469 e. The fourth-order valence-electron chi connectivity index (χ4n) is 2.22. The smallest absolute Gasteiger partial charge is 0.394 e. The number of phosphoric ester groups is 1. The van der Waals surface area contributed by atoms with E-state index in [4.69, 9.17) is 14.9 Å². The molecule has 1 aromatic heterocycles. The molecule has 1 aromatic rings. The van der Waals surface area contributed by atoms with Crippen LogP contribution >= 0.6 is 7.82 Å². The monoisotopic (exact) mass is 349 g/mol. The minimum atomic E-state index is -4.68. The number of aromatic amines is 1. The SMILES string of the molecule is O=P(O)(O)OC[C@@H](NCC1=CNC(O)c2cc[nH]c21)[C@H](O)CO. The summed E-state index contributed by atoms with van der Waals surface area (Å²) in [7, 11) is -4.68. The van der Waals surface area contributed by atoms with Crippen LogP contribution in [0.3, 0.4) is 0 Å². The van der Waals surface area contributed by atoms with Gasteiger partial charge in [0.1, 0.15) is 0 Å². The summed E-state index contributed by atoms with van der Waals surface area (Å²) in [5.41, 5.74) is 2.11. The van der Waals surface area contributed by atoms with Crippen molar-refractivity contribution in [3.05, 3.63) is 29.7 Å². The molecule has 0 spiro atoms. The van der Waals surface area contributed by atoms with E-state index in [0.29, 0.717) is 11.3 Å². The second-order valence-electron chi connectivity index (χ2n) is 5.07. The summed E-state index contributed by atoms with van der Waals surface area (Å²) < 4.78 is 15.1. The minimum Gasteiger partial charge on any atom is -0.394 e. The number of aliphatic hydroxyl groups is 3. The van der Waals surface area contributed by atoms with E-state index in [1.54, 1.807) is 18.5 Å². The topological polar surface area (TPSA) is 167 Å². The van der Waals surface area contributed by atoms with Gasteiger partial charge in [0.2, 0.25) is 0 Å². The highest BCUT2D eigenvalue weighted by molar-refractivity contribution is 7.46. The number of aliphatic hydroxyl groups excluding tert-OH is 3. The Hall–Kier alpha value is -1.23. The molecule has 3 atom stereocenters. The first-order valence-corrected chi connectivity index (χ1v) is 8.38. The fourth-order valence-corrected chi connectivity index (χ4v) is 2.57. The molecule has 23 heavy (non-hydrogen) atoms. The van der Waals surface area contributed by atoms with Crippen LogP contribution in [0.1, 0.15) is 17.5 Å². The zero-order chi connectivity index (χ0) is 17.0. The molecule has 130 valence electrons. The van der Waals surface area contributed by atoms with Gasteiger partial charge in [-0.15, -0.1) is 0 Å². The molecular weight excluding hydrogens is 329 g/mol. The maximum absolute atomic E-state index is 10.8. The predicted molar refractivity (Wildman–Crippen MR) is 79.7 cm³/mol. The van der Waals surface area contributed by atoms with Crippen molar-refractivity contribution in [1.82, 2.24) is 15.6 Å². The van der Waals surface area contributed by atoms with Crippen molar-refractivity contribution in [2.24, 2.45) is 0 Å². The van der Waals surface area contributed by atoms with Gasteiger partial charge in [-0.2, -0.15) is 0 Å². The van der Waals surface area contributed by atoms with Crippen molar-refractivity contribution in [1.29, 1.82) is 0 Å². The second-order valence-corrected chi connectivity index (χ2v) is 6.31. The molecule has 0 bridgehead atoms. The Morgan fingerprint density at radius 1 is 1.43 bits per heavy atom. The summed E-state index contributed by atoms with van der Waals surface area (Å²) in [6.45, 7) is -0.863. The highest BCUT2D eigenvalue weighted by atomic mass is 31.2. The van der Waals surface area contributed by atoms with Gasteiger partial charge in [0.05, 0.1) is 31.1 Å². The lowest BCUT2D eigenvalue weighted by molar-refractivity contribution is 0.0417. The zero-order valence-corrected chi connectivity index (χ0v) is 13.0. The van der Waals surface area contributed by atoms with E-state index in [1.165, 1.54) is 0 Å². The first kappa shape index (κ1) is 18.1. The predicted octanol–water partition coefficient (Wildman–Crippen LogP) is -1.63. The zero-order valence-electron chi connectivity index (χ0n) is 12.1. The van der Waals surface area contributed by atoms with E-state index >= 15 is 0 Å². The van der Waals surface area contributed by atoms with Gasteiger partial charge in [0, 0.05) is 30.1 Å². The van der Waals surface area contributed by atoms with Crippen LogP contribution in [0.5, 0.6) is 0 Å². The lowest BCUT2D eigenvalue weighted by Crippen LogP contribution is -2.46. The normalized spacial score (nSPS) is 20.4. The molecule has 1 aliphatic rings. The van der Waals surface area contributed by atoms with Gasteiger partial charge in [0.25, 0.3) is 0 Å². The van der Waals surface area contributed by atoms with Gasteiger partial charge in [-0.1, -0.05) is 0 Å². The summed E-state index contributed by atoms with van der Waals surface area (Å²) in [5.74, 6) is 0. The van der Waals surface area contributed by atoms with E-state index < -0.39 is 39.4 Å². The lowest BCUT2D eigenvalue weighted by atomic mass is 10.0. The van der Waals surface area contributed by atoms with Crippen LogP contribution in [-0.2, 0) is 9.09 Å². The number of phosphoric acid groups is 1. The van der Waals surface area contributed by atoms with Crippen molar-refractivity contribution < 1.29 is 34.2 Å². The van der Waals surface area contributed by atoms with Gasteiger partial charge in [-0.3, -0.25) is 4.52 Å². The van der Waals surface area contributed by atoms with Gasteiger partial charge in [-0.25, -0.2) is 4.57 Å². The molecule has 0 saturated heterocycles. The number of rotatable bonds is 8. The third-order valence-corrected chi connectivity index (χ3v) is 3.92. The maximum Gasteiger partial charge on any atom is 0.469 e. The molecule has 0 fully saturated rings. The molecule has 0 aliphatic carbocycles. The van der Waals surface area contributed by atoms with Gasteiger partial charge >= 0.3 is 7.82 Å². The van der Waals surface area contributed by atoms with Crippen molar-refractivity contribution in [2.75, 3.05) is 19.8 Å². The van der Waals surface area contributed by atoms with Crippen LogP contribution in [0.25, 0.3) is 5.57 Å². The molecule has 1 unspecified atom stereocenters. The first-order chi connectivity index (χ1) is 10.8. The van der Waals surface area contributed by atoms with Gasteiger partial charge in [-0.05, 0) is 6.07 Å². The molecule has 2 rings (SSSR count). The van der Waals surface area contributed by atoms with Crippen LogP contribution in [-0.4, -0.2) is 62.0 Å². The third-order valence-electron chi connectivity index (χ3n) is 3.44. The van der Waals surface area contributed by atoms with Crippen molar-refractivity contribution >= 4 is 13.4 Å². The number of hydrogen-bond acceptors (Lipinski definition) is 7. The second kappa shape index (κ2) is 7.56. The van der Waals surface area contributed by atoms with Crippen molar-refractivity contribution in [2.45, 2.75) is 18.4 Å². The Kier molecular flexibility index (Phi) is 5.95. The number of nitrogens with one attached hydrogen (secondary N) is 3. The summed E-state index contributed by atoms with van der Waals surface area (Å²) in [6, 6.07) is 0.829. The molecule has 0 aromatic carbocycles. The van der Waals surface area contributed by atoms with Crippen LogP contribution in [0, 0.1) is 0 Å². The molecule has 1 aliphatic heterocycles. The number of aromatic nitrogens is 1. The quantitative estimate of drug-likeness (QED) is 0.257. The van der Waals surface area contributed by atoms with Crippen LogP contribution in [0.15, 0.2) is 18.5 Å². The third kappa shape index (κ3) is 4.87. The van der Waals surface area contributed by atoms with Crippen LogP contribution < -0.4 is 10.6 Å². The molecule has 11 heteroatoms. The maximum atomic E-state index is 10.8. The molecule has 2 heterocycles. The number of hydrogen-bond donors (Lipinski definition) is 8. The Bertz CT molecular complexity index is 599. The average molecular weight is 349 g/mol. The Labute approximate surface area is 132 Å². The fraction of sp³-hybridized carbons (Fsp3) is 0.500. The molecular formula is C12H20N3O7P. The standard InChI is InChI=1S/C12H20N3O7P/c16-5-10(17)9(6-22-23(19,20)21)14-3-7-4-15-12(18)8-1-2-13-11(7)8/h1-2,4,9-10,12-18H,3,5-6H2,(H2,19,20,21)/t9-,10-,12?/m1/s1. The Morgan fingerprint density at radius 3 is 2.83 bits per heavy atom. The Morgan fingerprint density at radius 2 is 2.17 bits per heavy atom. The van der Waals surface area contributed by atoms with Crippen LogP contribution in [0.4, 0.5) is 0 Å². The molecule has 8 N–H and O–H groups in total. The minimum absolute atomic E-state index is 0.208. The lowest BCUT2D eigenvalue weighted by Gasteiger charge is -2.25. The summed E-state index contributed by atoms with van der Waals surface area (Å²) in [4.78, 5) is 20.5. The number of fused-ring (bicyclic) bond motifs is 1. The average Bonchev–Trinajstić information content (AvgIpc) is 2.98. The van der Waals surface area contributed by atoms with E-state index in [0.717, 1.165) is 5.57 Å². The highest BCUT2D eigenvalue weighted by Gasteiger charge is 2.25. The summed E-state index contributed by atoms with van der Waals surface area (Å²) >= 11 is 0. The van der Waals surface area contributed by atoms with Gasteiger partial charge in [0.15, 0.2) is 6.23 Å². The highest BCUT2D eigenvalue weighted by Crippen LogP contribution is 2.35. The van der Waals surface area contributed by atoms with E-state index in [9.17, 15) is 14.8 Å². The first-order valence-electron chi connectivity index (χ1n) is 6.85. The molecule has 0 radical (unpaired) electrons. The summed E-state index contributed by atoms with van der Waals surface area (Å²) in [6.07, 6.45) is 1.18. The van der Waals surface area contributed by atoms with E-state index in [2.05, 4.69) is 20.1 Å². The molecule has 0 amide bonds. The molecule has 0 saturated carbocycles. The van der Waals surface area contributed by atoms with Crippen molar-refractivity contribution in [3.63, 3.8) is 0 Å². The number of H-pyrrole nitrogens is 1. The van der Waals surface area contributed by atoms with Gasteiger partial charge < -0.3 is 40.7 Å². The van der Waals surface area contributed by atoms with E-state index in [1.807, 2.05) is 0 Å². The van der Waals surface area contributed by atoms with Crippen LogP contribution in [0.2, 0.25) is 0 Å². The Balaban J connectivity index is 2.00. The molecule has 10 nitrogen and oxygen atoms in total. The van der Waals surface area contributed by atoms with Crippen molar-refractivity contribution in [3.8, 4) is 0 Å². The summed E-state index contributed by atoms with van der Waals surface area (Å²) in [5, 5.41) is 34.1.